The van der Waals surface area contributed by atoms with Gasteiger partial charge in [0.1, 0.15) is 5.82 Å². The van der Waals surface area contributed by atoms with Gasteiger partial charge in [-0.05, 0) is 12.1 Å². The summed E-state index contributed by atoms with van der Waals surface area (Å²) in [5.74, 6) is -1.24. The van der Waals surface area contributed by atoms with Gasteiger partial charge >= 0.3 is 10.2 Å². The minimum Gasteiger partial charge on any atom is -0.368 e. The SMILES string of the molecule is Nc1nc(N2CC(CS(=O)(=O)F)CC2=O)c2ccccc2n1. The predicted molar refractivity (Wildman–Crippen MR) is 79.3 cm³/mol. The van der Waals surface area contributed by atoms with Crippen molar-refractivity contribution in [2.45, 2.75) is 6.42 Å². The summed E-state index contributed by atoms with van der Waals surface area (Å²) in [5, 5.41) is 0.633. The maximum atomic E-state index is 12.8. The minimum absolute atomic E-state index is 0.0167. The van der Waals surface area contributed by atoms with Gasteiger partial charge in [0, 0.05) is 24.3 Å². The monoisotopic (exact) mass is 324 g/mol. The van der Waals surface area contributed by atoms with Crippen LogP contribution in [0.1, 0.15) is 6.42 Å². The first-order chi connectivity index (χ1) is 10.3. The quantitative estimate of drug-likeness (QED) is 0.840. The number of hydrogen-bond donors (Lipinski definition) is 1. The molecule has 22 heavy (non-hydrogen) atoms. The molecule has 0 spiro atoms. The zero-order valence-electron chi connectivity index (χ0n) is 11.4. The van der Waals surface area contributed by atoms with Gasteiger partial charge in [0.2, 0.25) is 11.9 Å². The second kappa shape index (κ2) is 5.16. The van der Waals surface area contributed by atoms with Gasteiger partial charge in [0.25, 0.3) is 0 Å². The Labute approximate surface area is 126 Å². The summed E-state index contributed by atoms with van der Waals surface area (Å²) < 4.78 is 34.3. The molecule has 1 amide bonds. The summed E-state index contributed by atoms with van der Waals surface area (Å²) >= 11 is 0. The topological polar surface area (TPSA) is 106 Å². The van der Waals surface area contributed by atoms with Crippen LogP contribution in [0, 0.1) is 5.92 Å². The normalized spacial score (nSPS) is 19.0. The molecule has 1 saturated heterocycles. The van der Waals surface area contributed by atoms with Crippen LogP contribution in [-0.4, -0.2) is 36.6 Å². The molecule has 116 valence electrons. The van der Waals surface area contributed by atoms with E-state index in [0.29, 0.717) is 16.7 Å². The summed E-state index contributed by atoms with van der Waals surface area (Å²) in [6, 6.07) is 7.04. The van der Waals surface area contributed by atoms with Crippen molar-refractivity contribution in [3.05, 3.63) is 24.3 Å². The fraction of sp³-hybridized carbons (Fsp3) is 0.308. The van der Waals surface area contributed by atoms with Crippen LogP contribution in [-0.2, 0) is 15.0 Å². The van der Waals surface area contributed by atoms with E-state index in [1.165, 1.54) is 4.90 Å². The number of fused-ring (bicyclic) bond motifs is 1. The van der Waals surface area contributed by atoms with Crippen LogP contribution in [0.3, 0.4) is 0 Å². The van der Waals surface area contributed by atoms with Crippen molar-refractivity contribution < 1.29 is 17.1 Å². The predicted octanol–water partition coefficient (Wildman–Crippen LogP) is 0.864. The van der Waals surface area contributed by atoms with E-state index >= 15 is 0 Å². The van der Waals surface area contributed by atoms with E-state index in [1.54, 1.807) is 24.3 Å². The van der Waals surface area contributed by atoms with Crippen LogP contribution in [0.25, 0.3) is 10.9 Å². The van der Waals surface area contributed by atoms with Crippen molar-refractivity contribution >= 4 is 38.8 Å². The lowest BCUT2D eigenvalue weighted by atomic mass is 10.1. The molecule has 2 heterocycles. The molecule has 1 aliphatic rings. The van der Waals surface area contributed by atoms with Gasteiger partial charge in [-0.3, -0.25) is 9.69 Å². The first kappa shape index (κ1) is 14.6. The molecule has 9 heteroatoms. The van der Waals surface area contributed by atoms with Gasteiger partial charge in [-0.2, -0.15) is 13.4 Å². The third-order valence-electron chi connectivity index (χ3n) is 3.50. The first-order valence-electron chi connectivity index (χ1n) is 6.58. The standard InChI is InChI=1S/C13H13FN4O3S/c14-22(20,21)7-8-5-11(19)18(6-8)12-9-3-1-2-4-10(9)16-13(15)17-12/h1-4,8H,5-7H2,(H2,15,16,17). The Morgan fingerprint density at radius 1 is 1.32 bits per heavy atom. The number of benzene rings is 1. The lowest BCUT2D eigenvalue weighted by Gasteiger charge is -2.17. The molecule has 1 fully saturated rings. The zero-order chi connectivity index (χ0) is 15.9. The number of hydrogen-bond acceptors (Lipinski definition) is 6. The number of nitrogens with zero attached hydrogens (tertiary/aromatic N) is 3. The number of amides is 1. The van der Waals surface area contributed by atoms with Gasteiger partial charge < -0.3 is 5.73 Å². The zero-order valence-corrected chi connectivity index (χ0v) is 12.3. The van der Waals surface area contributed by atoms with Crippen molar-refractivity contribution in [3.8, 4) is 0 Å². The molecule has 2 aromatic rings. The van der Waals surface area contributed by atoms with Gasteiger partial charge in [0.15, 0.2) is 0 Å². The van der Waals surface area contributed by atoms with Crippen molar-refractivity contribution in [3.63, 3.8) is 0 Å². The molecule has 1 aromatic carbocycles. The lowest BCUT2D eigenvalue weighted by molar-refractivity contribution is -0.117. The van der Waals surface area contributed by atoms with Crippen molar-refractivity contribution in [1.82, 2.24) is 9.97 Å². The molecule has 7 nitrogen and oxygen atoms in total. The minimum atomic E-state index is -4.62. The van der Waals surface area contributed by atoms with Crippen LogP contribution in [0.4, 0.5) is 15.7 Å². The first-order valence-corrected chi connectivity index (χ1v) is 8.14. The highest BCUT2D eigenvalue weighted by Gasteiger charge is 2.35. The highest BCUT2D eigenvalue weighted by Crippen LogP contribution is 2.30. The highest BCUT2D eigenvalue weighted by molar-refractivity contribution is 7.86. The average molecular weight is 324 g/mol. The van der Waals surface area contributed by atoms with Crippen LogP contribution in [0.5, 0.6) is 0 Å². The molecule has 3 rings (SSSR count). The van der Waals surface area contributed by atoms with E-state index in [0.717, 1.165) is 0 Å². The molecule has 0 radical (unpaired) electrons. The van der Waals surface area contributed by atoms with Crippen molar-refractivity contribution in [2.24, 2.45) is 5.92 Å². The molecule has 1 aliphatic heterocycles. The van der Waals surface area contributed by atoms with Crippen molar-refractivity contribution in [2.75, 3.05) is 22.9 Å². The Morgan fingerprint density at radius 2 is 2.05 bits per heavy atom. The molecule has 0 bridgehead atoms. The third-order valence-corrected chi connectivity index (χ3v) is 4.37. The van der Waals surface area contributed by atoms with E-state index in [2.05, 4.69) is 9.97 Å². The number of aromatic nitrogens is 2. The Kier molecular flexibility index (Phi) is 3.44. The molecule has 1 atom stereocenters. The fourth-order valence-corrected chi connectivity index (χ4v) is 3.45. The smallest absolute Gasteiger partial charge is 0.302 e. The van der Waals surface area contributed by atoms with Crippen molar-refractivity contribution in [1.29, 1.82) is 0 Å². The van der Waals surface area contributed by atoms with Gasteiger partial charge in [0.05, 0.1) is 11.3 Å². The number of carbonyl (C=O) groups is 1. The largest absolute Gasteiger partial charge is 0.368 e. The number of para-hydroxylation sites is 1. The Bertz CT molecular complexity index is 855. The van der Waals surface area contributed by atoms with Gasteiger partial charge in [-0.1, -0.05) is 12.1 Å². The Balaban J connectivity index is 1.99. The van der Waals surface area contributed by atoms with Crippen LogP contribution in [0.2, 0.25) is 0 Å². The number of anilines is 2. The third kappa shape index (κ3) is 2.84. The molecular weight excluding hydrogens is 311 g/mol. The summed E-state index contributed by atoms with van der Waals surface area (Å²) in [6.07, 6.45) is -0.0403. The molecule has 1 unspecified atom stereocenters. The van der Waals surface area contributed by atoms with Crippen LogP contribution < -0.4 is 10.6 Å². The fourth-order valence-electron chi connectivity index (χ4n) is 2.66. The summed E-state index contributed by atoms with van der Waals surface area (Å²) in [5.41, 5.74) is 6.24. The summed E-state index contributed by atoms with van der Waals surface area (Å²) in [7, 11) is -4.62. The molecule has 1 aromatic heterocycles. The maximum absolute atomic E-state index is 12.8. The molecular formula is C13H13FN4O3S. The number of nitrogen functional groups attached to an aromatic ring is 1. The van der Waals surface area contributed by atoms with Crippen LogP contribution >= 0.6 is 0 Å². The number of halogens is 1. The highest BCUT2D eigenvalue weighted by atomic mass is 32.3. The second-order valence-corrected chi connectivity index (χ2v) is 6.61. The van der Waals surface area contributed by atoms with Crippen LogP contribution in [0.15, 0.2) is 24.3 Å². The summed E-state index contributed by atoms with van der Waals surface area (Å²) in [6.45, 7) is 0.0857. The Morgan fingerprint density at radius 3 is 2.77 bits per heavy atom. The number of nitrogens with two attached hydrogens (primary N) is 1. The average Bonchev–Trinajstić information content (AvgIpc) is 2.76. The molecule has 0 aliphatic carbocycles. The summed E-state index contributed by atoms with van der Waals surface area (Å²) in [4.78, 5) is 21.7. The van der Waals surface area contributed by atoms with E-state index in [1.807, 2.05) is 0 Å². The van der Waals surface area contributed by atoms with E-state index in [4.69, 9.17) is 5.73 Å². The van der Waals surface area contributed by atoms with Gasteiger partial charge in [-0.15, -0.1) is 3.89 Å². The molecule has 2 N–H and O–H groups in total. The molecule has 0 saturated carbocycles. The number of carbonyl (C=O) groups excluding carboxylic acids is 1. The maximum Gasteiger partial charge on any atom is 0.302 e. The Hall–Kier alpha value is -2.29. The lowest BCUT2D eigenvalue weighted by Crippen LogP contribution is -2.27. The van der Waals surface area contributed by atoms with E-state index in [-0.39, 0.29) is 24.8 Å². The van der Waals surface area contributed by atoms with E-state index in [9.17, 15) is 17.1 Å². The van der Waals surface area contributed by atoms with E-state index < -0.39 is 21.9 Å². The number of rotatable bonds is 3. The second-order valence-electron chi connectivity index (χ2n) is 5.20. The van der Waals surface area contributed by atoms with Gasteiger partial charge in [-0.25, -0.2) is 4.98 Å².